The van der Waals surface area contributed by atoms with E-state index in [0.29, 0.717) is 12.3 Å². The number of nitrogens with zero attached hydrogens (tertiary/aromatic N) is 1. The zero-order chi connectivity index (χ0) is 16.2. The Hall–Kier alpha value is -2.33. The molecule has 0 unspecified atom stereocenters. The molecular weight excluding hydrogens is 288 g/mol. The summed E-state index contributed by atoms with van der Waals surface area (Å²) in [4.78, 5) is 12.1. The van der Waals surface area contributed by atoms with Crippen LogP contribution in [0.1, 0.15) is 35.9 Å². The molecule has 4 heteroatoms. The Labute approximate surface area is 136 Å². The van der Waals surface area contributed by atoms with E-state index in [1.165, 1.54) is 11.1 Å². The molecule has 2 aromatic rings. The average molecular weight is 310 g/mol. The predicted molar refractivity (Wildman–Crippen MR) is 93.4 cm³/mol. The smallest absolute Gasteiger partial charge is 0.413 e. The number of aromatic nitrogens is 1. The van der Waals surface area contributed by atoms with Crippen LogP contribution in [0.5, 0.6) is 0 Å². The number of oxazole rings is 1. The van der Waals surface area contributed by atoms with Crippen LogP contribution in [0.4, 0.5) is 0 Å². The fourth-order valence-corrected chi connectivity index (χ4v) is 2.96. The molecule has 23 heavy (non-hydrogen) atoms. The third kappa shape index (κ3) is 3.37. The van der Waals surface area contributed by atoms with Gasteiger partial charge in [-0.2, -0.15) is 0 Å². The van der Waals surface area contributed by atoms with Crippen LogP contribution in [-0.4, -0.2) is 17.7 Å². The fourth-order valence-electron chi connectivity index (χ4n) is 2.96. The van der Waals surface area contributed by atoms with Crippen LogP contribution in [0, 0.1) is 6.92 Å². The van der Waals surface area contributed by atoms with E-state index in [-0.39, 0.29) is 5.76 Å². The van der Waals surface area contributed by atoms with Crippen LogP contribution in [-0.2, 0) is 6.54 Å². The number of aryl methyl sites for hydroxylation is 1. The van der Waals surface area contributed by atoms with Crippen molar-refractivity contribution >= 4 is 11.6 Å². The van der Waals surface area contributed by atoms with E-state index < -0.39 is 0 Å². The Morgan fingerprint density at radius 1 is 1.39 bits per heavy atom. The summed E-state index contributed by atoms with van der Waals surface area (Å²) in [5.74, 6) is 0.350. The summed E-state index contributed by atoms with van der Waals surface area (Å²) >= 11 is 0. The molecule has 1 aromatic carbocycles. The number of hydrogen-bond donors (Lipinski definition) is 1. The van der Waals surface area contributed by atoms with Gasteiger partial charge in [0.05, 0.1) is 12.2 Å². The summed E-state index contributed by atoms with van der Waals surface area (Å²) in [6, 6.07) is 8.38. The van der Waals surface area contributed by atoms with Crippen LogP contribution < -0.4 is 11.1 Å². The maximum absolute atomic E-state index is 12.1. The van der Waals surface area contributed by atoms with Gasteiger partial charge in [-0.1, -0.05) is 30.4 Å². The quantitative estimate of drug-likeness (QED) is 0.943. The Bertz CT molecular complexity index is 809. The third-order valence-corrected chi connectivity index (χ3v) is 4.10. The lowest BCUT2D eigenvalue weighted by Gasteiger charge is -2.15. The lowest BCUT2D eigenvalue weighted by molar-refractivity contribution is 0.466. The van der Waals surface area contributed by atoms with Crippen molar-refractivity contribution in [2.75, 3.05) is 13.1 Å². The second-order valence-corrected chi connectivity index (χ2v) is 5.79. The van der Waals surface area contributed by atoms with Gasteiger partial charge in [-0.05, 0) is 55.7 Å². The SMILES string of the molecule is CC=Cc1c(C)oc(=O)n1Cc1cccc(C2=CCCNC2)c1. The molecule has 0 spiro atoms. The molecule has 1 N–H and O–H groups in total. The van der Waals surface area contributed by atoms with E-state index in [1.807, 2.05) is 32.1 Å². The zero-order valence-corrected chi connectivity index (χ0v) is 13.6. The van der Waals surface area contributed by atoms with Gasteiger partial charge in [0, 0.05) is 6.54 Å². The minimum atomic E-state index is -0.306. The zero-order valence-electron chi connectivity index (χ0n) is 13.6. The number of nitrogens with one attached hydrogen (secondary N) is 1. The van der Waals surface area contributed by atoms with Crippen molar-refractivity contribution in [3.63, 3.8) is 0 Å². The highest BCUT2D eigenvalue weighted by atomic mass is 16.4. The highest BCUT2D eigenvalue weighted by molar-refractivity contribution is 5.68. The number of allylic oxidation sites excluding steroid dienone is 1. The van der Waals surface area contributed by atoms with Crippen molar-refractivity contribution in [2.24, 2.45) is 0 Å². The van der Waals surface area contributed by atoms with Crippen LogP contribution >= 0.6 is 0 Å². The molecule has 1 aromatic heterocycles. The molecule has 0 bridgehead atoms. The average Bonchev–Trinajstić information content (AvgIpc) is 2.83. The summed E-state index contributed by atoms with van der Waals surface area (Å²) in [5.41, 5.74) is 4.47. The first kappa shape index (κ1) is 15.6. The first-order chi connectivity index (χ1) is 11.2. The maximum atomic E-state index is 12.1. The number of rotatable bonds is 4. The molecule has 0 fully saturated rings. The van der Waals surface area contributed by atoms with Crippen LogP contribution in [0.3, 0.4) is 0 Å². The van der Waals surface area contributed by atoms with Crippen LogP contribution in [0.25, 0.3) is 11.6 Å². The molecule has 120 valence electrons. The number of hydrogen-bond acceptors (Lipinski definition) is 3. The summed E-state index contributed by atoms with van der Waals surface area (Å²) in [6.07, 6.45) is 7.18. The molecule has 0 radical (unpaired) electrons. The highest BCUT2D eigenvalue weighted by Crippen LogP contribution is 2.19. The largest absolute Gasteiger partial charge is 0.419 e. The van der Waals surface area contributed by atoms with Crippen molar-refractivity contribution in [1.29, 1.82) is 0 Å². The minimum Gasteiger partial charge on any atom is -0.413 e. The molecule has 4 nitrogen and oxygen atoms in total. The molecule has 0 atom stereocenters. The van der Waals surface area contributed by atoms with Crippen LogP contribution in [0.15, 0.2) is 45.6 Å². The lowest BCUT2D eigenvalue weighted by Crippen LogP contribution is -2.21. The van der Waals surface area contributed by atoms with Crippen molar-refractivity contribution in [1.82, 2.24) is 9.88 Å². The van der Waals surface area contributed by atoms with Crippen molar-refractivity contribution < 1.29 is 4.42 Å². The normalized spacial score (nSPS) is 15.1. The Kier molecular flexibility index (Phi) is 4.63. The molecule has 0 saturated carbocycles. The van der Waals surface area contributed by atoms with Crippen molar-refractivity contribution in [2.45, 2.75) is 26.8 Å². The number of benzene rings is 1. The predicted octanol–water partition coefficient (Wildman–Crippen LogP) is 3.21. The monoisotopic (exact) mass is 310 g/mol. The van der Waals surface area contributed by atoms with Gasteiger partial charge in [-0.3, -0.25) is 4.57 Å². The Morgan fingerprint density at radius 3 is 3.00 bits per heavy atom. The van der Waals surface area contributed by atoms with Gasteiger partial charge in [-0.15, -0.1) is 0 Å². The third-order valence-electron chi connectivity index (χ3n) is 4.10. The molecule has 2 heterocycles. The van der Waals surface area contributed by atoms with Gasteiger partial charge in [0.2, 0.25) is 0 Å². The van der Waals surface area contributed by atoms with E-state index in [9.17, 15) is 4.79 Å². The van der Waals surface area contributed by atoms with Crippen molar-refractivity contribution in [3.05, 3.63) is 69.5 Å². The molecule has 0 aliphatic carbocycles. The second kappa shape index (κ2) is 6.84. The summed E-state index contributed by atoms with van der Waals surface area (Å²) in [5, 5.41) is 3.39. The molecule has 0 amide bonds. The minimum absolute atomic E-state index is 0.306. The lowest BCUT2D eigenvalue weighted by atomic mass is 10.00. The molecule has 1 aliphatic heterocycles. The Morgan fingerprint density at radius 2 is 2.26 bits per heavy atom. The van der Waals surface area contributed by atoms with Gasteiger partial charge in [0.15, 0.2) is 0 Å². The standard InChI is InChI=1S/C19H22N2O2/c1-3-6-18-14(2)23-19(22)21(18)13-15-7-4-8-16(11-15)17-9-5-10-20-12-17/h3-4,6-9,11,20H,5,10,12-13H2,1-2H3. The van der Waals surface area contributed by atoms with Gasteiger partial charge in [0.25, 0.3) is 0 Å². The highest BCUT2D eigenvalue weighted by Gasteiger charge is 2.12. The van der Waals surface area contributed by atoms with Gasteiger partial charge < -0.3 is 9.73 Å². The van der Waals surface area contributed by atoms with E-state index in [1.54, 1.807) is 4.57 Å². The van der Waals surface area contributed by atoms with E-state index >= 15 is 0 Å². The van der Waals surface area contributed by atoms with Crippen LogP contribution in [0.2, 0.25) is 0 Å². The van der Waals surface area contributed by atoms with E-state index in [0.717, 1.165) is 30.8 Å². The van der Waals surface area contributed by atoms with Crippen molar-refractivity contribution in [3.8, 4) is 0 Å². The van der Waals surface area contributed by atoms with E-state index in [4.69, 9.17) is 4.42 Å². The first-order valence-electron chi connectivity index (χ1n) is 8.01. The summed E-state index contributed by atoms with van der Waals surface area (Å²) in [6.45, 7) is 6.22. The van der Waals surface area contributed by atoms with Gasteiger partial charge in [0.1, 0.15) is 5.76 Å². The summed E-state index contributed by atoms with van der Waals surface area (Å²) < 4.78 is 6.93. The van der Waals surface area contributed by atoms with E-state index in [2.05, 4.69) is 29.6 Å². The second-order valence-electron chi connectivity index (χ2n) is 5.79. The molecular formula is C19H22N2O2. The first-order valence-corrected chi connectivity index (χ1v) is 8.01. The molecule has 0 saturated heterocycles. The molecule has 3 rings (SSSR count). The fraction of sp³-hybridized carbons (Fsp3) is 0.316. The Balaban J connectivity index is 1.92. The van der Waals surface area contributed by atoms with Gasteiger partial charge in [-0.25, -0.2) is 4.79 Å². The topological polar surface area (TPSA) is 47.2 Å². The summed E-state index contributed by atoms with van der Waals surface area (Å²) in [7, 11) is 0. The maximum Gasteiger partial charge on any atom is 0.419 e. The molecule has 1 aliphatic rings. The van der Waals surface area contributed by atoms with Gasteiger partial charge >= 0.3 is 5.76 Å².